The maximum atomic E-state index is 5.96. The summed E-state index contributed by atoms with van der Waals surface area (Å²) in [6.07, 6.45) is 1.97. The fraction of sp³-hybridized carbons (Fsp3) is 0.600. The highest BCUT2D eigenvalue weighted by Gasteiger charge is 2.32. The highest BCUT2D eigenvalue weighted by Crippen LogP contribution is 2.24. The highest BCUT2D eigenvalue weighted by molar-refractivity contribution is 9.10. The SMILES string of the molecule is CCOC(C)(CC)C(Cc1cccc(Br)c1)NC. The number of hydrogen-bond donors (Lipinski definition) is 1. The van der Waals surface area contributed by atoms with E-state index in [1.807, 2.05) is 7.05 Å². The second-order valence-corrected chi connectivity index (χ2v) is 5.69. The van der Waals surface area contributed by atoms with Gasteiger partial charge in [0.05, 0.1) is 5.60 Å². The third kappa shape index (κ3) is 4.08. The van der Waals surface area contributed by atoms with Gasteiger partial charge >= 0.3 is 0 Å². The van der Waals surface area contributed by atoms with Crippen molar-refractivity contribution in [3.63, 3.8) is 0 Å². The number of likely N-dealkylation sites (N-methyl/N-ethyl adjacent to an activating group) is 1. The van der Waals surface area contributed by atoms with Gasteiger partial charge in [-0.25, -0.2) is 0 Å². The summed E-state index contributed by atoms with van der Waals surface area (Å²) < 4.78 is 7.09. The number of rotatable bonds is 7. The average Bonchev–Trinajstić information content (AvgIpc) is 2.36. The molecule has 2 nitrogen and oxygen atoms in total. The van der Waals surface area contributed by atoms with Crippen molar-refractivity contribution < 1.29 is 4.74 Å². The van der Waals surface area contributed by atoms with Crippen molar-refractivity contribution in [3.05, 3.63) is 34.3 Å². The maximum Gasteiger partial charge on any atom is 0.0807 e. The first-order valence-electron chi connectivity index (χ1n) is 6.61. The molecule has 1 N–H and O–H groups in total. The first kappa shape index (κ1) is 15.7. The molecule has 102 valence electrons. The summed E-state index contributed by atoms with van der Waals surface area (Å²) in [7, 11) is 2.01. The van der Waals surface area contributed by atoms with E-state index in [1.165, 1.54) is 5.56 Å². The van der Waals surface area contributed by atoms with Crippen LogP contribution in [-0.2, 0) is 11.2 Å². The lowest BCUT2D eigenvalue weighted by Gasteiger charge is -2.37. The molecule has 0 aliphatic rings. The Kier molecular flexibility index (Phi) is 6.33. The van der Waals surface area contributed by atoms with E-state index in [-0.39, 0.29) is 5.60 Å². The lowest BCUT2D eigenvalue weighted by atomic mass is 9.88. The van der Waals surface area contributed by atoms with Gasteiger partial charge in [0.1, 0.15) is 0 Å². The van der Waals surface area contributed by atoms with Gasteiger partial charge in [-0.3, -0.25) is 0 Å². The Labute approximate surface area is 119 Å². The quantitative estimate of drug-likeness (QED) is 0.827. The molecule has 0 amide bonds. The van der Waals surface area contributed by atoms with Crippen molar-refractivity contribution in [2.24, 2.45) is 0 Å². The molecule has 0 fully saturated rings. The zero-order valence-corrected chi connectivity index (χ0v) is 13.4. The minimum Gasteiger partial charge on any atom is -0.374 e. The number of nitrogens with one attached hydrogen (secondary N) is 1. The third-order valence-corrected chi connectivity index (χ3v) is 4.08. The molecule has 0 aromatic heterocycles. The molecule has 1 rings (SSSR count). The molecule has 2 unspecified atom stereocenters. The van der Waals surface area contributed by atoms with Crippen LogP contribution in [0.5, 0.6) is 0 Å². The second kappa shape index (κ2) is 7.27. The Hall–Kier alpha value is -0.380. The van der Waals surface area contributed by atoms with Crippen LogP contribution in [0, 0.1) is 0 Å². The summed E-state index contributed by atoms with van der Waals surface area (Å²) in [5.74, 6) is 0. The Bertz CT molecular complexity index is 369. The van der Waals surface area contributed by atoms with Gasteiger partial charge in [0.25, 0.3) is 0 Å². The molecule has 0 aliphatic carbocycles. The topological polar surface area (TPSA) is 21.3 Å². The molecular formula is C15H24BrNO. The molecule has 0 saturated heterocycles. The van der Waals surface area contributed by atoms with Crippen LogP contribution in [0.15, 0.2) is 28.7 Å². The molecule has 0 aliphatic heterocycles. The molecular weight excluding hydrogens is 290 g/mol. The third-order valence-electron chi connectivity index (χ3n) is 3.59. The zero-order chi connectivity index (χ0) is 13.6. The van der Waals surface area contributed by atoms with E-state index >= 15 is 0 Å². The van der Waals surface area contributed by atoms with Crippen LogP contribution >= 0.6 is 15.9 Å². The Morgan fingerprint density at radius 1 is 1.39 bits per heavy atom. The van der Waals surface area contributed by atoms with Crippen molar-refractivity contribution in [1.82, 2.24) is 5.32 Å². The van der Waals surface area contributed by atoms with Crippen LogP contribution in [0.25, 0.3) is 0 Å². The first-order valence-corrected chi connectivity index (χ1v) is 7.40. The number of benzene rings is 1. The van der Waals surface area contributed by atoms with Crippen molar-refractivity contribution in [2.45, 2.75) is 45.3 Å². The molecule has 0 bridgehead atoms. The second-order valence-electron chi connectivity index (χ2n) is 4.77. The van der Waals surface area contributed by atoms with Crippen LogP contribution in [0.4, 0.5) is 0 Å². The lowest BCUT2D eigenvalue weighted by molar-refractivity contribution is -0.0534. The average molecular weight is 314 g/mol. The van der Waals surface area contributed by atoms with Gasteiger partial charge in [-0.05, 0) is 51.4 Å². The molecule has 2 atom stereocenters. The first-order chi connectivity index (χ1) is 8.55. The predicted octanol–water partition coefficient (Wildman–Crippen LogP) is 3.78. The smallest absolute Gasteiger partial charge is 0.0807 e. The fourth-order valence-corrected chi connectivity index (χ4v) is 2.75. The van der Waals surface area contributed by atoms with Gasteiger partial charge in [-0.2, -0.15) is 0 Å². The molecule has 1 aromatic carbocycles. The highest BCUT2D eigenvalue weighted by atomic mass is 79.9. The van der Waals surface area contributed by atoms with Crippen molar-refractivity contribution in [3.8, 4) is 0 Å². The fourth-order valence-electron chi connectivity index (χ4n) is 2.30. The van der Waals surface area contributed by atoms with E-state index in [0.717, 1.165) is 23.9 Å². The van der Waals surface area contributed by atoms with E-state index in [2.05, 4.69) is 66.3 Å². The molecule has 0 spiro atoms. The molecule has 0 radical (unpaired) electrons. The Balaban J connectivity index is 2.83. The van der Waals surface area contributed by atoms with Gasteiger partial charge in [-0.15, -0.1) is 0 Å². The van der Waals surface area contributed by atoms with Gasteiger partial charge in [0, 0.05) is 17.1 Å². The Morgan fingerprint density at radius 3 is 2.61 bits per heavy atom. The van der Waals surface area contributed by atoms with Crippen LogP contribution in [0.3, 0.4) is 0 Å². The van der Waals surface area contributed by atoms with E-state index in [4.69, 9.17) is 4.74 Å². The largest absolute Gasteiger partial charge is 0.374 e. The summed E-state index contributed by atoms with van der Waals surface area (Å²) >= 11 is 3.52. The molecule has 0 heterocycles. The zero-order valence-electron chi connectivity index (χ0n) is 11.8. The number of ether oxygens (including phenoxy) is 1. The van der Waals surface area contributed by atoms with Crippen LogP contribution in [-0.4, -0.2) is 25.3 Å². The van der Waals surface area contributed by atoms with E-state index in [9.17, 15) is 0 Å². The monoisotopic (exact) mass is 313 g/mol. The number of halogens is 1. The number of hydrogen-bond acceptors (Lipinski definition) is 2. The molecule has 18 heavy (non-hydrogen) atoms. The molecule has 3 heteroatoms. The summed E-state index contributed by atoms with van der Waals surface area (Å²) in [5, 5.41) is 3.41. The minimum absolute atomic E-state index is 0.119. The van der Waals surface area contributed by atoms with Crippen molar-refractivity contribution in [1.29, 1.82) is 0 Å². The van der Waals surface area contributed by atoms with Gasteiger partial charge < -0.3 is 10.1 Å². The van der Waals surface area contributed by atoms with Gasteiger partial charge in [-0.1, -0.05) is 35.0 Å². The summed E-state index contributed by atoms with van der Waals surface area (Å²) in [6, 6.07) is 8.79. The van der Waals surface area contributed by atoms with Crippen LogP contribution in [0.1, 0.15) is 32.8 Å². The normalized spacial score (nSPS) is 16.3. The minimum atomic E-state index is -0.119. The van der Waals surface area contributed by atoms with Crippen LogP contribution in [0.2, 0.25) is 0 Å². The Morgan fingerprint density at radius 2 is 2.11 bits per heavy atom. The summed E-state index contributed by atoms with van der Waals surface area (Å²) in [4.78, 5) is 0. The molecule has 1 aromatic rings. The van der Waals surface area contributed by atoms with Gasteiger partial charge in [0.15, 0.2) is 0 Å². The van der Waals surface area contributed by atoms with E-state index in [1.54, 1.807) is 0 Å². The lowest BCUT2D eigenvalue weighted by Crippen LogP contribution is -2.50. The molecule has 0 saturated carbocycles. The van der Waals surface area contributed by atoms with E-state index in [0.29, 0.717) is 6.04 Å². The van der Waals surface area contributed by atoms with Gasteiger partial charge in [0.2, 0.25) is 0 Å². The summed E-state index contributed by atoms with van der Waals surface area (Å²) in [6.45, 7) is 7.18. The van der Waals surface area contributed by atoms with E-state index < -0.39 is 0 Å². The van der Waals surface area contributed by atoms with Crippen molar-refractivity contribution in [2.75, 3.05) is 13.7 Å². The standard InChI is InChI=1S/C15H24BrNO/c1-5-15(3,18-6-2)14(17-4)11-12-8-7-9-13(16)10-12/h7-10,14,17H,5-6,11H2,1-4H3. The maximum absolute atomic E-state index is 5.96. The summed E-state index contributed by atoms with van der Waals surface area (Å²) in [5.41, 5.74) is 1.20. The predicted molar refractivity (Wildman–Crippen MR) is 81.0 cm³/mol. The van der Waals surface area contributed by atoms with Crippen molar-refractivity contribution >= 4 is 15.9 Å². The van der Waals surface area contributed by atoms with Crippen LogP contribution < -0.4 is 5.32 Å².